The van der Waals surface area contributed by atoms with Gasteiger partial charge in [-0.05, 0) is 44.2 Å². The van der Waals surface area contributed by atoms with E-state index in [9.17, 15) is 18.0 Å². The van der Waals surface area contributed by atoms with Crippen LogP contribution >= 0.6 is 11.8 Å². The molecule has 1 aromatic heterocycles. The molecule has 168 valence electrons. The molecule has 6 nitrogen and oxygen atoms in total. The predicted molar refractivity (Wildman–Crippen MR) is 111 cm³/mol. The van der Waals surface area contributed by atoms with Gasteiger partial charge in [0.25, 0.3) is 0 Å². The molecule has 0 aliphatic carbocycles. The smallest absolute Gasteiger partial charge is 0.433 e. The van der Waals surface area contributed by atoms with E-state index < -0.39 is 11.9 Å². The van der Waals surface area contributed by atoms with Gasteiger partial charge in [0.15, 0.2) is 5.16 Å². The van der Waals surface area contributed by atoms with Crippen molar-refractivity contribution < 1.29 is 27.4 Å². The van der Waals surface area contributed by atoms with Gasteiger partial charge in [-0.3, -0.25) is 4.79 Å². The number of benzene rings is 1. The number of carbonyl (C=O) groups excluding carboxylic acids is 1. The maximum atomic E-state index is 13.4. The highest BCUT2D eigenvalue weighted by Crippen LogP contribution is 2.32. The van der Waals surface area contributed by atoms with Crippen LogP contribution in [0.15, 0.2) is 35.5 Å². The molecule has 0 radical (unpaired) electrons. The van der Waals surface area contributed by atoms with Gasteiger partial charge in [-0.1, -0.05) is 11.8 Å². The Kier molecular flexibility index (Phi) is 7.42. The van der Waals surface area contributed by atoms with Crippen molar-refractivity contribution in [1.82, 2.24) is 14.9 Å². The van der Waals surface area contributed by atoms with E-state index in [1.165, 1.54) is 7.11 Å². The van der Waals surface area contributed by atoms with Crippen LogP contribution in [0.4, 0.5) is 13.2 Å². The first kappa shape index (κ1) is 23.3. The number of thioether (sulfide) groups is 1. The minimum Gasteiger partial charge on any atom is -0.497 e. The average Bonchev–Trinajstić information content (AvgIpc) is 2.72. The fourth-order valence-electron chi connectivity index (χ4n) is 3.31. The maximum absolute atomic E-state index is 13.4. The lowest BCUT2D eigenvalue weighted by molar-refractivity contribution is -0.143. The first-order valence-corrected chi connectivity index (χ1v) is 10.8. The predicted octanol–water partition coefficient (Wildman–Crippen LogP) is 4.29. The number of methoxy groups -OCH3 is 1. The number of alkyl halides is 3. The second-order valence-corrected chi connectivity index (χ2v) is 8.36. The van der Waals surface area contributed by atoms with E-state index in [0.717, 1.165) is 17.8 Å². The summed E-state index contributed by atoms with van der Waals surface area (Å²) in [5.74, 6) is 0.813. The Hall–Kier alpha value is -2.33. The molecule has 1 aromatic carbocycles. The fourth-order valence-corrected chi connectivity index (χ4v) is 4.10. The van der Waals surface area contributed by atoms with E-state index >= 15 is 0 Å². The topological polar surface area (TPSA) is 64.5 Å². The minimum atomic E-state index is -4.60. The molecule has 1 aliphatic rings. The van der Waals surface area contributed by atoms with Crippen molar-refractivity contribution in [2.75, 3.05) is 26.0 Å². The Morgan fingerprint density at radius 3 is 2.42 bits per heavy atom. The van der Waals surface area contributed by atoms with Gasteiger partial charge in [0.05, 0.1) is 25.0 Å². The summed E-state index contributed by atoms with van der Waals surface area (Å²) in [5, 5.41) is -0.0165. The van der Waals surface area contributed by atoms with Gasteiger partial charge in [0.2, 0.25) is 5.91 Å². The van der Waals surface area contributed by atoms with Gasteiger partial charge in [-0.15, -0.1) is 0 Å². The molecule has 2 atom stereocenters. The number of ether oxygens (including phenoxy) is 2. The number of amides is 1. The summed E-state index contributed by atoms with van der Waals surface area (Å²) in [6, 6.07) is 7.51. The summed E-state index contributed by atoms with van der Waals surface area (Å²) in [6.45, 7) is 4.83. The van der Waals surface area contributed by atoms with Gasteiger partial charge < -0.3 is 14.4 Å². The number of hydrogen-bond donors (Lipinski definition) is 0. The second kappa shape index (κ2) is 9.86. The Morgan fingerprint density at radius 2 is 1.84 bits per heavy atom. The molecule has 0 saturated carbocycles. The molecule has 1 amide bonds. The highest BCUT2D eigenvalue weighted by atomic mass is 32.2. The third kappa shape index (κ3) is 6.33. The zero-order valence-corrected chi connectivity index (χ0v) is 18.3. The van der Waals surface area contributed by atoms with Crippen LogP contribution in [-0.4, -0.2) is 58.9 Å². The van der Waals surface area contributed by atoms with Crippen LogP contribution in [0.25, 0.3) is 11.3 Å². The molecule has 0 N–H and O–H groups in total. The molecule has 10 heteroatoms. The van der Waals surface area contributed by atoms with Crippen LogP contribution in [0.3, 0.4) is 0 Å². The lowest BCUT2D eigenvalue weighted by atomic mass is 10.1. The van der Waals surface area contributed by atoms with E-state index in [-0.39, 0.29) is 41.1 Å². The van der Waals surface area contributed by atoms with Crippen molar-refractivity contribution in [3.63, 3.8) is 0 Å². The highest BCUT2D eigenvalue weighted by molar-refractivity contribution is 7.99. The average molecular weight is 456 g/mol. The highest BCUT2D eigenvalue weighted by Gasteiger charge is 2.34. The third-order valence-corrected chi connectivity index (χ3v) is 5.55. The summed E-state index contributed by atoms with van der Waals surface area (Å²) in [5.41, 5.74) is -0.337. The number of halogens is 3. The zero-order chi connectivity index (χ0) is 22.6. The summed E-state index contributed by atoms with van der Waals surface area (Å²) < 4.78 is 50.8. The lowest BCUT2D eigenvalue weighted by Gasteiger charge is -2.35. The molecule has 3 rings (SSSR count). The van der Waals surface area contributed by atoms with Gasteiger partial charge in [0, 0.05) is 30.8 Å². The molecule has 1 saturated heterocycles. The third-order valence-electron chi connectivity index (χ3n) is 4.70. The lowest BCUT2D eigenvalue weighted by Crippen LogP contribution is -2.48. The number of hydrogen-bond acceptors (Lipinski definition) is 6. The van der Waals surface area contributed by atoms with E-state index in [1.807, 2.05) is 13.8 Å². The van der Waals surface area contributed by atoms with Crippen LogP contribution < -0.4 is 4.74 Å². The van der Waals surface area contributed by atoms with Crippen molar-refractivity contribution in [1.29, 1.82) is 0 Å². The van der Waals surface area contributed by atoms with Gasteiger partial charge in [-0.2, -0.15) is 13.2 Å². The van der Waals surface area contributed by atoms with Crippen molar-refractivity contribution in [2.45, 2.75) is 43.8 Å². The minimum absolute atomic E-state index is 0.0165. The summed E-state index contributed by atoms with van der Waals surface area (Å²) in [7, 11) is 1.51. The van der Waals surface area contributed by atoms with Gasteiger partial charge in [-0.25, -0.2) is 9.97 Å². The molecule has 2 heterocycles. The fraction of sp³-hybridized carbons (Fsp3) is 0.476. The first-order valence-electron chi connectivity index (χ1n) is 9.82. The monoisotopic (exact) mass is 455 g/mol. The van der Waals surface area contributed by atoms with Crippen LogP contribution in [0, 0.1) is 0 Å². The Bertz CT molecular complexity index is 899. The Labute approximate surface area is 183 Å². The van der Waals surface area contributed by atoms with Gasteiger partial charge in [0.1, 0.15) is 11.4 Å². The number of morpholine rings is 1. The van der Waals surface area contributed by atoms with Crippen LogP contribution in [0.2, 0.25) is 0 Å². The SMILES string of the molecule is COc1ccc(-c2cc(C(F)(F)F)nc(SCCC(=O)N3C[C@@H](C)O[C@H](C)C3)n2)cc1. The van der Waals surface area contributed by atoms with E-state index in [4.69, 9.17) is 9.47 Å². The van der Waals surface area contributed by atoms with Crippen molar-refractivity contribution in [3.8, 4) is 17.0 Å². The Balaban J connectivity index is 1.72. The molecule has 1 fully saturated rings. The largest absolute Gasteiger partial charge is 0.497 e. The number of aromatic nitrogens is 2. The van der Waals surface area contributed by atoms with Crippen LogP contribution in [-0.2, 0) is 15.7 Å². The first-order chi connectivity index (χ1) is 14.7. The quantitative estimate of drug-likeness (QED) is 0.478. The molecular formula is C21H24F3N3O3S. The molecule has 2 aromatic rings. The van der Waals surface area contributed by atoms with Crippen molar-refractivity contribution in [3.05, 3.63) is 36.0 Å². The van der Waals surface area contributed by atoms with Gasteiger partial charge >= 0.3 is 6.18 Å². The molecule has 1 aliphatic heterocycles. The molecular weight excluding hydrogens is 431 g/mol. The number of rotatable bonds is 6. The number of nitrogens with zero attached hydrogens (tertiary/aromatic N) is 3. The molecule has 31 heavy (non-hydrogen) atoms. The summed E-state index contributed by atoms with van der Waals surface area (Å²) in [6.07, 6.45) is -4.50. The Morgan fingerprint density at radius 1 is 1.19 bits per heavy atom. The van der Waals surface area contributed by atoms with Crippen LogP contribution in [0.1, 0.15) is 26.0 Å². The van der Waals surface area contributed by atoms with Crippen molar-refractivity contribution >= 4 is 17.7 Å². The second-order valence-electron chi connectivity index (χ2n) is 7.30. The van der Waals surface area contributed by atoms with E-state index in [1.54, 1.807) is 29.2 Å². The standard InChI is InChI=1S/C21H24F3N3O3S/c1-13-11-27(12-14(2)30-13)19(28)8-9-31-20-25-17(10-18(26-20)21(22,23)24)15-4-6-16(29-3)7-5-15/h4-7,10,13-14H,8-9,11-12H2,1-3H3/t13-,14-/m1/s1. The summed E-state index contributed by atoms with van der Waals surface area (Å²) in [4.78, 5) is 22.1. The maximum Gasteiger partial charge on any atom is 0.433 e. The molecule has 0 bridgehead atoms. The van der Waals surface area contributed by atoms with E-state index in [0.29, 0.717) is 24.4 Å². The zero-order valence-electron chi connectivity index (χ0n) is 17.5. The summed E-state index contributed by atoms with van der Waals surface area (Å²) >= 11 is 1.04. The normalized spacial score (nSPS) is 19.4. The van der Waals surface area contributed by atoms with Crippen molar-refractivity contribution in [2.24, 2.45) is 0 Å². The number of carbonyl (C=O) groups is 1. The van der Waals surface area contributed by atoms with E-state index in [2.05, 4.69) is 9.97 Å². The molecule has 0 unspecified atom stereocenters. The van der Waals surface area contributed by atoms with Crippen LogP contribution in [0.5, 0.6) is 5.75 Å². The molecule has 0 spiro atoms.